The first kappa shape index (κ1) is 22.4. The summed E-state index contributed by atoms with van der Waals surface area (Å²) in [5, 5.41) is 1.16. The van der Waals surface area contributed by atoms with E-state index < -0.39 is 0 Å². The summed E-state index contributed by atoms with van der Waals surface area (Å²) in [6, 6.07) is 16.3. The number of carbonyl (C=O) groups excluding carboxylic acids is 2. The number of thioether (sulfide) groups is 1. The zero-order valence-corrected chi connectivity index (χ0v) is 21.9. The molecule has 3 fully saturated rings. The second-order valence-electron chi connectivity index (χ2n) is 10.8. The molecule has 7 rings (SSSR count). The lowest BCUT2D eigenvalue weighted by Gasteiger charge is -2.43. The molecule has 2 amide bonds. The van der Waals surface area contributed by atoms with Crippen molar-refractivity contribution in [2.24, 2.45) is 29.6 Å². The summed E-state index contributed by atoms with van der Waals surface area (Å²) in [6.07, 6.45) is 0.905. The number of carbonyl (C=O) groups is 2. The van der Waals surface area contributed by atoms with Crippen molar-refractivity contribution in [1.82, 2.24) is 4.98 Å². The van der Waals surface area contributed by atoms with Crippen LogP contribution in [0.4, 0.5) is 11.4 Å². The number of nitrogens with zero attached hydrogens (tertiary/aromatic N) is 2. The monoisotopic (exact) mass is 517 g/mol. The van der Waals surface area contributed by atoms with Gasteiger partial charge in [0, 0.05) is 35.8 Å². The number of fused-ring (bicyclic) bond motifs is 9. The highest BCUT2D eigenvalue weighted by Gasteiger charge is 2.69. The van der Waals surface area contributed by atoms with Crippen molar-refractivity contribution in [2.45, 2.75) is 29.5 Å². The van der Waals surface area contributed by atoms with E-state index in [1.54, 1.807) is 11.8 Å². The minimum Gasteiger partial charge on any atom is -0.378 e. The van der Waals surface area contributed by atoms with Crippen LogP contribution in [0.2, 0.25) is 0 Å². The standard InChI is InChI=1S/C28H27N3O3S2/c1-13-4-8-16(9-5-13)31-26(32)21-17-12-18(22(21)27(31)33)23-20(17)19(24-25(35-23)29-28(34)36-24)14-6-10-15(11-7-14)30(2)3/h4-11,17-23H,12H2,1-3H3,(H,29,34)/t17-,18+,19-,20+,21-,22+,23-/m1/s1. The van der Waals surface area contributed by atoms with Crippen molar-refractivity contribution in [3.63, 3.8) is 0 Å². The number of H-pyrrole nitrogens is 1. The molecule has 0 unspecified atom stereocenters. The quantitative estimate of drug-likeness (QED) is 0.519. The third-order valence-electron chi connectivity index (χ3n) is 8.78. The maximum absolute atomic E-state index is 13.8. The molecule has 0 spiro atoms. The molecule has 1 saturated heterocycles. The summed E-state index contributed by atoms with van der Waals surface area (Å²) in [5.41, 5.74) is 4.09. The number of thiazole rings is 1. The minimum absolute atomic E-state index is 0.0346. The normalized spacial score (nSPS) is 32.0. The molecule has 2 bridgehead atoms. The molecule has 3 heterocycles. The topological polar surface area (TPSA) is 73.5 Å². The Balaban J connectivity index is 1.31. The van der Waals surface area contributed by atoms with Gasteiger partial charge in [0.2, 0.25) is 11.8 Å². The zero-order chi connectivity index (χ0) is 24.9. The van der Waals surface area contributed by atoms with Crippen molar-refractivity contribution >= 4 is 46.3 Å². The Hall–Kier alpha value is -2.84. The maximum Gasteiger partial charge on any atom is 0.305 e. The van der Waals surface area contributed by atoms with Crippen LogP contribution in [-0.4, -0.2) is 36.1 Å². The molecule has 2 aliphatic carbocycles. The number of aromatic nitrogens is 1. The van der Waals surface area contributed by atoms with E-state index in [1.165, 1.54) is 21.8 Å². The van der Waals surface area contributed by atoms with Crippen LogP contribution in [0.3, 0.4) is 0 Å². The average Bonchev–Trinajstić information content (AvgIpc) is 3.59. The van der Waals surface area contributed by atoms with Crippen molar-refractivity contribution in [1.29, 1.82) is 0 Å². The molecule has 2 aliphatic heterocycles. The lowest BCUT2D eigenvalue weighted by atomic mass is 9.68. The van der Waals surface area contributed by atoms with E-state index in [1.807, 2.05) is 45.3 Å². The van der Waals surface area contributed by atoms with Crippen LogP contribution in [0.25, 0.3) is 0 Å². The second kappa shape index (κ2) is 7.83. The van der Waals surface area contributed by atoms with Crippen LogP contribution in [0.1, 0.15) is 28.3 Å². The Labute approximate surface area is 217 Å². The summed E-state index contributed by atoms with van der Waals surface area (Å²) in [7, 11) is 4.05. The number of benzene rings is 2. The number of hydrogen-bond acceptors (Lipinski definition) is 6. The number of rotatable bonds is 3. The largest absolute Gasteiger partial charge is 0.378 e. The SMILES string of the molecule is Cc1ccc(N2C(=O)[C@@H]3[C@@H]4C[C@H]([C@H]5Sc6[nH]c(=O)sc6[C@H](c6ccc(N(C)C)cc6)[C@H]45)[C@@H]3C2=O)cc1. The highest BCUT2D eigenvalue weighted by molar-refractivity contribution is 8.00. The van der Waals surface area contributed by atoms with Crippen LogP contribution in [0.5, 0.6) is 0 Å². The summed E-state index contributed by atoms with van der Waals surface area (Å²) in [6.45, 7) is 2.00. The van der Waals surface area contributed by atoms with Crippen LogP contribution in [0, 0.1) is 36.5 Å². The summed E-state index contributed by atoms with van der Waals surface area (Å²) in [5.74, 6) is -0.0711. The molecule has 2 saturated carbocycles. The minimum atomic E-state index is -0.272. The van der Waals surface area contributed by atoms with Gasteiger partial charge in [-0.1, -0.05) is 41.2 Å². The molecule has 2 aromatic carbocycles. The van der Waals surface area contributed by atoms with Crippen LogP contribution < -0.4 is 14.7 Å². The molecular formula is C28H27N3O3S2. The van der Waals surface area contributed by atoms with Gasteiger partial charge in [0.05, 0.1) is 22.5 Å². The Morgan fingerprint density at radius 2 is 1.58 bits per heavy atom. The first-order chi connectivity index (χ1) is 17.3. The molecular weight excluding hydrogens is 490 g/mol. The van der Waals surface area contributed by atoms with Crippen molar-refractivity contribution < 1.29 is 9.59 Å². The third kappa shape index (κ3) is 3.00. The van der Waals surface area contributed by atoms with Crippen LogP contribution in [0.15, 0.2) is 58.4 Å². The van der Waals surface area contributed by atoms with Gasteiger partial charge in [-0.15, -0.1) is 11.8 Å². The molecule has 3 aromatic rings. The van der Waals surface area contributed by atoms with Crippen molar-refractivity contribution in [2.75, 3.05) is 23.9 Å². The number of anilines is 2. The number of amides is 2. The lowest BCUT2D eigenvalue weighted by molar-refractivity contribution is -0.123. The molecule has 6 nitrogen and oxygen atoms in total. The highest BCUT2D eigenvalue weighted by Crippen LogP contribution is 2.68. The van der Waals surface area contributed by atoms with Crippen LogP contribution >= 0.6 is 23.1 Å². The Kier molecular flexibility index (Phi) is 4.86. The highest BCUT2D eigenvalue weighted by atomic mass is 32.2. The van der Waals surface area contributed by atoms with E-state index in [0.717, 1.165) is 27.6 Å². The smallest absolute Gasteiger partial charge is 0.305 e. The Morgan fingerprint density at radius 1 is 0.917 bits per heavy atom. The predicted octanol–water partition coefficient (Wildman–Crippen LogP) is 4.49. The van der Waals surface area contributed by atoms with E-state index in [-0.39, 0.29) is 57.4 Å². The summed E-state index contributed by atoms with van der Waals surface area (Å²) >= 11 is 3.03. The van der Waals surface area contributed by atoms with E-state index in [9.17, 15) is 14.4 Å². The molecule has 1 N–H and O–H groups in total. The number of aromatic amines is 1. The maximum atomic E-state index is 13.8. The van der Waals surface area contributed by atoms with E-state index >= 15 is 0 Å². The third-order valence-corrected chi connectivity index (χ3v) is 11.4. The van der Waals surface area contributed by atoms with E-state index in [4.69, 9.17) is 0 Å². The van der Waals surface area contributed by atoms with Gasteiger partial charge in [0.15, 0.2) is 0 Å². The predicted molar refractivity (Wildman–Crippen MR) is 143 cm³/mol. The van der Waals surface area contributed by atoms with Gasteiger partial charge >= 0.3 is 4.87 Å². The average molecular weight is 518 g/mol. The van der Waals surface area contributed by atoms with Gasteiger partial charge in [-0.3, -0.25) is 19.3 Å². The summed E-state index contributed by atoms with van der Waals surface area (Å²) in [4.78, 5) is 47.6. The number of hydrogen-bond donors (Lipinski definition) is 1. The van der Waals surface area contributed by atoms with Gasteiger partial charge in [0.25, 0.3) is 0 Å². The van der Waals surface area contributed by atoms with E-state index in [0.29, 0.717) is 5.69 Å². The first-order valence-electron chi connectivity index (χ1n) is 12.4. The second-order valence-corrected chi connectivity index (χ2v) is 13.0. The molecule has 36 heavy (non-hydrogen) atoms. The molecule has 7 atom stereocenters. The van der Waals surface area contributed by atoms with Gasteiger partial charge in [-0.05, 0) is 60.9 Å². The first-order valence-corrected chi connectivity index (χ1v) is 14.1. The number of nitrogens with one attached hydrogen (secondary N) is 1. The fourth-order valence-electron chi connectivity index (χ4n) is 7.32. The van der Waals surface area contributed by atoms with Crippen molar-refractivity contribution in [3.05, 3.63) is 74.2 Å². The molecule has 4 aliphatic rings. The van der Waals surface area contributed by atoms with Crippen molar-refractivity contribution in [3.8, 4) is 0 Å². The molecule has 8 heteroatoms. The Bertz CT molecular complexity index is 1440. The van der Waals surface area contributed by atoms with Gasteiger partial charge in [-0.2, -0.15) is 0 Å². The number of imide groups is 1. The molecule has 0 radical (unpaired) electrons. The van der Waals surface area contributed by atoms with Gasteiger partial charge in [0.1, 0.15) is 0 Å². The lowest BCUT2D eigenvalue weighted by Crippen LogP contribution is -2.42. The fraction of sp³-hybridized carbons (Fsp3) is 0.393. The molecule has 184 valence electrons. The number of aryl methyl sites for hydroxylation is 1. The van der Waals surface area contributed by atoms with Gasteiger partial charge in [-0.25, -0.2) is 0 Å². The van der Waals surface area contributed by atoms with Gasteiger partial charge < -0.3 is 9.88 Å². The van der Waals surface area contributed by atoms with E-state index in [2.05, 4.69) is 34.1 Å². The fourth-order valence-corrected chi connectivity index (χ4v) is 10.2. The molecule has 1 aromatic heterocycles. The zero-order valence-electron chi connectivity index (χ0n) is 20.3. The summed E-state index contributed by atoms with van der Waals surface area (Å²) < 4.78 is 0. The Morgan fingerprint density at radius 3 is 2.25 bits per heavy atom. The van der Waals surface area contributed by atoms with Crippen LogP contribution in [-0.2, 0) is 9.59 Å².